The molecule has 0 saturated carbocycles. The highest BCUT2D eigenvalue weighted by molar-refractivity contribution is 5.89. The number of nitrogens with one attached hydrogen (secondary N) is 1. The summed E-state index contributed by atoms with van der Waals surface area (Å²) >= 11 is 0. The summed E-state index contributed by atoms with van der Waals surface area (Å²) in [6.07, 6.45) is 0. The van der Waals surface area contributed by atoms with E-state index in [0.717, 1.165) is 22.6 Å². The number of hydrogen-bond donors (Lipinski definition) is 1. The molecule has 0 heterocycles. The highest BCUT2D eigenvalue weighted by atomic mass is 16.5. The molecule has 1 amide bonds. The first kappa shape index (κ1) is 12.2. The van der Waals surface area contributed by atoms with Crippen LogP contribution in [0, 0.1) is 6.07 Å². The molecule has 2 aromatic rings. The van der Waals surface area contributed by atoms with Crippen LogP contribution in [0.25, 0.3) is 11.1 Å². The Morgan fingerprint density at radius 1 is 1.28 bits per heavy atom. The van der Waals surface area contributed by atoms with E-state index >= 15 is 0 Å². The molecule has 1 N–H and O–H groups in total. The number of rotatable bonds is 3. The molecule has 0 atom stereocenters. The predicted molar refractivity (Wildman–Crippen MR) is 71.6 cm³/mol. The van der Waals surface area contributed by atoms with E-state index in [-0.39, 0.29) is 5.91 Å². The lowest BCUT2D eigenvalue weighted by molar-refractivity contribution is -0.114. The Morgan fingerprint density at radius 3 is 2.78 bits per heavy atom. The smallest absolute Gasteiger partial charge is 0.221 e. The van der Waals surface area contributed by atoms with Crippen molar-refractivity contribution in [3.63, 3.8) is 0 Å². The van der Waals surface area contributed by atoms with Gasteiger partial charge in [0.15, 0.2) is 0 Å². The number of amides is 1. The third-order valence-electron chi connectivity index (χ3n) is 2.52. The van der Waals surface area contributed by atoms with E-state index in [2.05, 4.69) is 11.4 Å². The molecule has 0 spiro atoms. The Kier molecular flexibility index (Phi) is 3.63. The van der Waals surface area contributed by atoms with Gasteiger partial charge in [-0.05, 0) is 29.8 Å². The second-order valence-corrected chi connectivity index (χ2v) is 3.87. The molecule has 3 heteroatoms. The molecule has 18 heavy (non-hydrogen) atoms. The first-order chi connectivity index (χ1) is 8.70. The maximum absolute atomic E-state index is 11.0. The third-order valence-corrected chi connectivity index (χ3v) is 2.52. The van der Waals surface area contributed by atoms with Gasteiger partial charge < -0.3 is 10.1 Å². The van der Waals surface area contributed by atoms with Crippen molar-refractivity contribution < 1.29 is 9.53 Å². The van der Waals surface area contributed by atoms with Crippen LogP contribution >= 0.6 is 0 Å². The van der Waals surface area contributed by atoms with Gasteiger partial charge in [0, 0.05) is 18.2 Å². The zero-order valence-corrected chi connectivity index (χ0v) is 10.4. The van der Waals surface area contributed by atoms with Gasteiger partial charge in [-0.1, -0.05) is 24.3 Å². The number of ether oxygens (including phenoxy) is 1. The van der Waals surface area contributed by atoms with E-state index < -0.39 is 0 Å². The molecule has 0 fully saturated rings. The zero-order chi connectivity index (χ0) is 13.0. The molecular formula is C15H14NO2. The Labute approximate surface area is 106 Å². The number of anilines is 1. The van der Waals surface area contributed by atoms with Crippen molar-refractivity contribution in [3.8, 4) is 16.9 Å². The lowest BCUT2D eigenvalue weighted by Gasteiger charge is -2.09. The molecule has 3 nitrogen and oxygen atoms in total. The molecule has 91 valence electrons. The maximum Gasteiger partial charge on any atom is 0.221 e. The van der Waals surface area contributed by atoms with Crippen molar-refractivity contribution in [2.75, 3.05) is 12.4 Å². The Hall–Kier alpha value is -2.29. The van der Waals surface area contributed by atoms with Crippen molar-refractivity contribution in [2.24, 2.45) is 0 Å². The number of methoxy groups -OCH3 is 1. The van der Waals surface area contributed by atoms with Gasteiger partial charge in [0.25, 0.3) is 0 Å². The van der Waals surface area contributed by atoms with Crippen LogP contribution in [-0.4, -0.2) is 13.0 Å². The van der Waals surface area contributed by atoms with Gasteiger partial charge in [-0.2, -0.15) is 0 Å². The van der Waals surface area contributed by atoms with Crippen LogP contribution < -0.4 is 10.1 Å². The number of para-hydroxylation sites is 1. The summed E-state index contributed by atoms with van der Waals surface area (Å²) in [6.45, 7) is 1.49. The lowest BCUT2D eigenvalue weighted by Crippen LogP contribution is -2.05. The minimum absolute atomic E-state index is 0.0906. The van der Waals surface area contributed by atoms with Gasteiger partial charge >= 0.3 is 0 Å². The second-order valence-electron chi connectivity index (χ2n) is 3.87. The molecule has 2 aromatic carbocycles. The molecule has 0 aliphatic rings. The molecule has 0 aromatic heterocycles. The van der Waals surface area contributed by atoms with E-state index in [9.17, 15) is 4.79 Å². The van der Waals surface area contributed by atoms with Crippen molar-refractivity contribution in [1.82, 2.24) is 0 Å². The van der Waals surface area contributed by atoms with Crippen molar-refractivity contribution >= 4 is 11.6 Å². The zero-order valence-electron chi connectivity index (χ0n) is 10.4. The van der Waals surface area contributed by atoms with Crippen molar-refractivity contribution in [1.29, 1.82) is 0 Å². The van der Waals surface area contributed by atoms with E-state index in [0.29, 0.717) is 0 Å². The van der Waals surface area contributed by atoms with Crippen LogP contribution in [-0.2, 0) is 4.79 Å². The molecule has 0 aliphatic carbocycles. The maximum atomic E-state index is 11.0. The quantitative estimate of drug-likeness (QED) is 0.895. The second kappa shape index (κ2) is 5.36. The minimum Gasteiger partial charge on any atom is -0.496 e. The molecule has 0 unspecified atom stereocenters. The third kappa shape index (κ3) is 2.69. The van der Waals surface area contributed by atoms with Gasteiger partial charge in [-0.15, -0.1) is 0 Å². The summed E-state index contributed by atoms with van der Waals surface area (Å²) < 4.78 is 5.31. The number of hydrogen-bond acceptors (Lipinski definition) is 2. The Morgan fingerprint density at radius 2 is 2.06 bits per heavy atom. The summed E-state index contributed by atoms with van der Waals surface area (Å²) in [4.78, 5) is 11.0. The standard InChI is InChI=1S/C15H14NO2/c1-11(17)16-13-7-5-6-12(10-13)14-8-3-4-9-15(14)18-2/h3-5,7-10H,1-2H3,(H,16,17). The molecule has 0 aliphatic heterocycles. The molecule has 0 saturated heterocycles. The van der Waals surface area contributed by atoms with Gasteiger partial charge in [0.05, 0.1) is 7.11 Å². The van der Waals surface area contributed by atoms with Crippen molar-refractivity contribution in [3.05, 3.63) is 48.5 Å². The van der Waals surface area contributed by atoms with Crippen LogP contribution in [0.2, 0.25) is 0 Å². The van der Waals surface area contributed by atoms with E-state index in [1.807, 2.05) is 30.3 Å². The SMILES string of the molecule is COc1ccccc1-c1[c]ccc(NC(C)=O)c1. The fourth-order valence-electron chi connectivity index (χ4n) is 1.77. The van der Waals surface area contributed by atoms with Gasteiger partial charge in [-0.25, -0.2) is 0 Å². The van der Waals surface area contributed by atoms with Gasteiger partial charge in [-0.3, -0.25) is 4.79 Å². The minimum atomic E-state index is -0.0906. The van der Waals surface area contributed by atoms with Gasteiger partial charge in [0.1, 0.15) is 5.75 Å². The molecule has 0 bridgehead atoms. The lowest BCUT2D eigenvalue weighted by atomic mass is 10.0. The highest BCUT2D eigenvalue weighted by Gasteiger charge is 2.06. The first-order valence-electron chi connectivity index (χ1n) is 5.63. The average molecular weight is 240 g/mol. The van der Waals surface area contributed by atoms with E-state index in [1.165, 1.54) is 6.92 Å². The highest BCUT2D eigenvalue weighted by Crippen LogP contribution is 2.30. The number of carbonyl (C=O) groups excluding carboxylic acids is 1. The van der Waals surface area contributed by atoms with Crippen LogP contribution in [0.5, 0.6) is 5.75 Å². The Balaban J connectivity index is 2.41. The molecular weight excluding hydrogens is 226 g/mol. The molecule has 2 rings (SSSR count). The summed E-state index contributed by atoms with van der Waals surface area (Å²) in [7, 11) is 1.64. The topological polar surface area (TPSA) is 38.3 Å². The van der Waals surface area contributed by atoms with Crippen LogP contribution in [0.15, 0.2) is 42.5 Å². The van der Waals surface area contributed by atoms with E-state index in [4.69, 9.17) is 4.74 Å². The van der Waals surface area contributed by atoms with Crippen LogP contribution in [0.4, 0.5) is 5.69 Å². The number of carbonyl (C=O) groups is 1. The first-order valence-corrected chi connectivity index (χ1v) is 5.63. The molecule has 1 radical (unpaired) electrons. The van der Waals surface area contributed by atoms with Crippen LogP contribution in [0.3, 0.4) is 0 Å². The predicted octanol–water partition coefficient (Wildman–Crippen LogP) is 3.12. The van der Waals surface area contributed by atoms with Crippen molar-refractivity contribution in [2.45, 2.75) is 6.92 Å². The fourth-order valence-corrected chi connectivity index (χ4v) is 1.77. The monoisotopic (exact) mass is 240 g/mol. The van der Waals surface area contributed by atoms with Gasteiger partial charge in [0.2, 0.25) is 5.91 Å². The summed E-state index contributed by atoms with van der Waals surface area (Å²) in [5.41, 5.74) is 2.59. The average Bonchev–Trinajstić information content (AvgIpc) is 2.38. The summed E-state index contributed by atoms with van der Waals surface area (Å²) in [5.74, 6) is 0.695. The summed E-state index contributed by atoms with van der Waals surface area (Å²) in [5, 5.41) is 2.75. The Bertz CT molecular complexity index is 564. The normalized spacial score (nSPS) is 9.89. The van der Waals surface area contributed by atoms with Crippen LogP contribution in [0.1, 0.15) is 6.92 Å². The number of benzene rings is 2. The largest absolute Gasteiger partial charge is 0.496 e. The van der Waals surface area contributed by atoms with E-state index in [1.54, 1.807) is 19.2 Å². The fraction of sp³-hybridized carbons (Fsp3) is 0.133. The summed E-state index contributed by atoms with van der Waals surface area (Å²) in [6, 6.07) is 16.3.